The minimum atomic E-state index is 0.409. The third-order valence-corrected chi connectivity index (χ3v) is 3.42. The highest BCUT2D eigenvalue weighted by Crippen LogP contribution is 2.31. The van der Waals surface area contributed by atoms with Gasteiger partial charge in [0.15, 0.2) is 11.5 Å². The smallest absolute Gasteiger partial charge is 0.248 e. The number of benzene rings is 1. The number of nitrogens with zero attached hydrogens (tertiary/aromatic N) is 4. The fourth-order valence-electron chi connectivity index (χ4n) is 1.98. The summed E-state index contributed by atoms with van der Waals surface area (Å²) in [6.45, 7) is 0.409. The van der Waals surface area contributed by atoms with E-state index in [0.717, 1.165) is 10.0 Å². The van der Waals surface area contributed by atoms with Gasteiger partial charge in [-0.3, -0.25) is 4.68 Å². The normalized spacial score (nSPS) is 10.7. The van der Waals surface area contributed by atoms with E-state index in [4.69, 9.17) is 14.0 Å². The van der Waals surface area contributed by atoms with Crippen LogP contribution in [0.5, 0.6) is 11.5 Å². The van der Waals surface area contributed by atoms with Gasteiger partial charge in [0.25, 0.3) is 0 Å². The minimum absolute atomic E-state index is 0.409. The molecular weight excluding hydrogens is 352 g/mol. The average molecular weight is 365 g/mol. The molecule has 114 valence electrons. The molecular formula is C14H13BrN4O3. The van der Waals surface area contributed by atoms with Crippen molar-refractivity contribution in [3.05, 3.63) is 41.0 Å². The molecule has 2 aromatic heterocycles. The van der Waals surface area contributed by atoms with Crippen molar-refractivity contribution in [2.45, 2.75) is 6.54 Å². The van der Waals surface area contributed by atoms with Gasteiger partial charge in [0.1, 0.15) is 6.54 Å². The van der Waals surface area contributed by atoms with Crippen molar-refractivity contribution in [2.24, 2.45) is 0 Å². The highest BCUT2D eigenvalue weighted by molar-refractivity contribution is 9.10. The Kier molecular flexibility index (Phi) is 4.10. The van der Waals surface area contributed by atoms with Gasteiger partial charge in [-0.2, -0.15) is 10.1 Å². The predicted molar refractivity (Wildman–Crippen MR) is 81.9 cm³/mol. The number of halogens is 1. The zero-order valence-corrected chi connectivity index (χ0v) is 13.6. The van der Waals surface area contributed by atoms with Crippen molar-refractivity contribution in [2.75, 3.05) is 14.2 Å². The van der Waals surface area contributed by atoms with Crippen molar-refractivity contribution in [1.82, 2.24) is 19.9 Å². The fraction of sp³-hybridized carbons (Fsp3) is 0.214. The largest absolute Gasteiger partial charge is 0.493 e. The van der Waals surface area contributed by atoms with Crippen LogP contribution in [-0.2, 0) is 6.54 Å². The van der Waals surface area contributed by atoms with Crippen LogP contribution in [0.2, 0.25) is 0 Å². The summed E-state index contributed by atoms with van der Waals surface area (Å²) in [5.74, 6) is 2.22. The molecule has 0 N–H and O–H groups in total. The molecule has 0 fully saturated rings. The maximum Gasteiger partial charge on any atom is 0.248 e. The van der Waals surface area contributed by atoms with E-state index in [-0.39, 0.29) is 0 Å². The van der Waals surface area contributed by atoms with Crippen LogP contribution < -0.4 is 9.47 Å². The first-order valence-electron chi connectivity index (χ1n) is 6.42. The predicted octanol–water partition coefficient (Wildman–Crippen LogP) is 2.76. The molecule has 3 rings (SSSR count). The molecule has 0 aliphatic carbocycles. The van der Waals surface area contributed by atoms with Crippen molar-refractivity contribution >= 4 is 15.9 Å². The van der Waals surface area contributed by atoms with E-state index >= 15 is 0 Å². The molecule has 22 heavy (non-hydrogen) atoms. The van der Waals surface area contributed by atoms with E-state index in [0.29, 0.717) is 29.8 Å². The van der Waals surface area contributed by atoms with Crippen LogP contribution >= 0.6 is 15.9 Å². The summed E-state index contributed by atoms with van der Waals surface area (Å²) in [5, 5.41) is 8.13. The van der Waals surface area contributed by atoms with Crippen molar-refractivity contribution in [1.29, 1.82) is 0 Å². The van der Waals surface area contributed by atoms with Crippen LogP contribution in [0.25, 0.3) is 11.4 Å². The SMILES string of the molecule is COc1ccc(-c2noc(Cn3cc(Br)cn3)n2)cc1OC. The Morgan fingerprint density at radius 2 is 2.05 bits per heavy atom. The van der Waals surface area contributed by atoms with Gasteiger partial charge in [0.05, 0.1) is 24.9 Å². The van der Waals surface area contributed by atoms with Gasteiger partial charge >= 0.3 is 0 Å². The van der Waals surface area contributed by atoms with Crippen LogP contribution in [0.15, 0.2) is 39.6 Å². The molecule has 8 heteroatoms. The van der Waals surface area contributed by atoms with Crippen LogP contribution in [0.1, 0.15) is 5.89 Å². The summed E-state index contributed by atoms with van der Waals surface area (Å²) in [4.78, 5) is 4.37. The number of hydrogen-bond donors (Lipinski definition) is 0. The van der Waals surface area contributed by atoms with E-state index in [9.17, 15) is 0 Å². The summed E-state index contributed by atoms with van der Waals surface area (Å²) in [7, 11) is 3.17. The topological polar surface area (TPSA) is 75.2 Å². The quantitative estimate of drug-likeness (QED) is 0.692. The number of aromatic nitrogens is 4. The third-order valence-electron chi connectivity index (χ3n) is 3.01. The molecule has 0 atom stereocenters. The standard InChI is InChI=1S/C14H13BrN4O3/c1-20-11-4-3-9(5-12(11)21-2)14-17-13(22-18-14)8-19-7-10(15)6-16-19/h3-7H,8H2,1-2H3. The van der Waals surface area contributed by atoms with Crippen LogP contribution in [0.3, 0.4) is 0 Å². The lowest BCUT2D eigenvalue weighted by molar-refractivity contribution is 0.355. The first kappa shape index (κ1) is 14.6. The molecule has 3 aromatic rings. The number of methoxy groups -OCH3 is 2. The van der Waals surface area contributed by atoms with E-state index in [2.05, 4.69) is 31.2 Å². The average Bonchev–Trinajstić information content (AvgIpc) is 3.16. The Hall–Kier alpha value is -2.35. The Morgan fingerprint density at radius 3 is 2.73 bits per heavy atom. The van der Waals surface area contributed by atoms with Gasteiger partial charge in [-0.15, -0.1) is 0 Å². The molecule has 0 saturated heterocycles. The molecule has 0 aliphatic rings. The van der Waals surface area contributed by atoms with Crippen molar-refractivity contribution in [3.8, 4) is 22.9 Å². The molecule has 0 radical (unpaired) electrons. The van der Waals surface area contributed by atoms with E-state index in [1.807, 2.05) is 12.3 Å². The lowest BCUT2D eigenvalue weighted by atomic mass is 10.2. The highest BCUT2D eigenvalue weighted by atomic mass is 79.9. The zero-order valence-electron chi connectivity index (χ0n) is 12.0. The maximum absolute atomic E-state index is 5.27. The molecule has 0 spiro atoms. The Morgan fingerprint density at radius 1 is 1.23 bits per heavy atom. The second-order valence-electron chi connectivity index (χ2n) is 4.44. The van der Waals surface area contributed by atoms with Crippen LogP contribution in [0.4, 0.5) is 0 Å². The highest BCUT2D eigenvalue weighted by Gasteiger charge is 2.12. The van der Waals surface area contributed by atoms with E-state index < -0.39 is 0 Å². The lowest BCUT2D eigenvalue weighted by Gasteiger charge is -2.07. The maximum atomic E-state index is 5.27. The monoisotopic (exact) mass is 364 g/mol. The Labute approximate surface area is 135 Å². The van der Waals surface area contributed by atoms with Gasteiger partial charge in [-0.05, 0) is 34.1 Å². The summed E-state index contributed by atoms with van der Waals surface area (Å²) < 4.78 is 18.3. The van der Waals surface area contributed by atoms with Gasteiger partial charge in [-0.25, -0.2) is 0 Å². The van der Waals surface area contributed by atoms with Gasteiger partial charge < -0.3 is 14.0 Å². The zero-order chi connectivity index (χ0) is 15.5. The number of hydrogen-bond acceptors (Lipinski definition) is 6. The Bertz CT molecular complexity index is 784. The van der Waals surface area contributed by atoms with E-state index in [1.165, 1.54) is 0 Å². The second-order valence-corrected chi connectivity index (χ2v) is 5.35. The van der Waals surface area contributed by atoms with Crippen LogP contribution in [0, 0.1) is 0 Å². The molecule has 0 unspecified atom stereocenters. The fourth-order valence-corrected chi connectivity index (χ4v) is 2.30. The van der Waals surface area contributed by atoms with Crippen molar-refractivity contribution in [3.63, 3.8) is 0 Å². The minimum Gasteiger partial charge on any atom is -0.493 e. The first-order chi connectivity index (χ1) is 10.7. The number of rotatable bonds is 5. The van der Waals surface area contributed by atoms with Gasteiger partial charge in [0, 0.05) is 11.8 Å². The molecule has 7 nitrogen and oxygen atoms in total. The molecule has 0 amide bonds. The molecule has 0 bridgehead atoms. The summed E-state index contributed by atoms with van der Waals surface area (Å²) >= 11 is 3.34. The number of ether oxygens (including phenoxy) is 2. The summed E-state index contributed by atoms with van der Waals surface area (Å²) in [5.41, 5.74) is 0.786. The van der Waals surface area contributed by atoms with Gasteiger partial charge in [0.2, 0.25) is 11.7 Å². The summed E-state index contributed by atoms with van der Waals surface area (Å²) in [6.07, 6.45) is 3.53. The lowest BCUT2D eigenvalue weighted by Crippen LogP contribution is -1.99. The van der Waals surface area contributed by atoms with Crippen molar-refractivity contribution < 1.29 is 14.0 Å². The molecule has 0 saturated carbocycles. The first-order valence-corrected chi connectivity index (χ1v) is 7.22. The third kappa shape index (κ3) is 2.96. The van der Waals surface area contributed by atoms with Gasteiger partial charge in [-0.1, -0.05) is 5.16 Å². The molecule has 1 aromatic carbocycles. The Balaban J connectivity index is 1.84. The second kappa shape index (κ2) is 6.18. The summed E-state index contributed by atoms with van der Waals surface area (Å²) in [6, 6.07) is 5.45. The molecule has 0 aliphatic heterocycles. The van der Waals surface area contributed by atoms with E-state index in [1.54, 1.807) is 37.2 Å². The molecule has 2 heterocycles. The van der Waals surface area contributed by atoms with Crippen LogP contribution in [-0.4, -0.2) is 34.1 Å².